The molecule has 2 aromatic rings. The lowest BCUT2D eigenvalue weighted by molar-refractivity contribution is 0.601. The lowest BCUT2D eigenvalue weighted by atomic mass is 10.3. The largest absolute Gasteiger partial charge is 0.387 e. The van der Waals surface area contributed by atoms with Gasteiger partial charge in [0.2, 0.25) is 5.95 Å². The quantitative estimate of drug-likeness (QED) is 0.390. The molecule has 4 N–H and O–H groups in total. The fraction of sp³-hybridized carbons (Fsp3) is 0. The van der Waals surface area contributed by atoms with Crippen LogP contribution >= 0.6 is 12.2 Å². The minimum Gasteiger partial charge on any atom is -0.387 e. The number of rotatable bonds is 6. The first kappa shape index (κ1) is 17.3. The molecule has 1 aromatic carbocycles. The van der Waals surface area contributed by atoms with Gasteiger partial charge in [-0.05, 0) is 30.3 Å². The molecule has 0 aliphatic rings. The Morgan fingerprint density at radius 2 is 1.88 bits per heavy atom. The maximum atomic E-state index is 12.2. The molecule has 0 bridgehead atoms. The average molecular weight is 361 g/mol. The Balaban J connectivity index is 2.14. The molecule has 0 aliphatic heterocycles. The molecule has 0 atom stereocenters. The maximum Gasteiger partial charge on any atom is 0.264 e. The van der Waals surface area contributed by atoms with Crippen molar-refractivity contribution in [2.45, 2.75) is 4.90 Å². The number of benzene rings is 1. The van der Waals surface area contributed by atoms with Crippen molar-refractivity contribution in [2.24, 2.45) is 10.8 Å². The van der Waals surface area contributed by atoms with E-state index in [2.05, 4.69) is 37.4 Å². The number of nitrogens with zero attached hydrogens (tertiary/aromatic N) is 4. The molecule has 0 amide bonds. The van der Waals surface area contributed by atoms with Gasteiger partial charge < -0.3 is 5.73 Å². The van der Waals surface area contributed by atoms with E-state index in [0.29, 0.717) is 5.69 Å². The van der Waals surface area contributed by atoms with Crippen molar-refractivity contribution < 1.29 is 8.42 Å². The van der Waals surface area contributed by atoms with Gasteiger partial charge in [0, 0.05) is 12.4 Å². The van der Waals surface area contributed by atoms with E-state index in [1.807, 2.05) is 0 Å². The minimum atomic E-state index is -3.81. The van der Waals surface area contributed by atoms with Crippen LogP contribution in [-0.4, -0.2) is 29.1 Å². The summed E-state index contributed by atoms with van der Waals surface area (Å²) in [5.41, 5.74) is 8.19. The highest BCUT2D eigenvalue weighted by atomic mass is 32.2. The summed E-state index contributed by atoms with van der Waals surface area (Å²) in [6.45, 7) is 0. The first-order chi connectivity index (χ1) is 11.4. The third kappa shape index (κ3) is 4.45. The van der Waals surface area contributed by atoms with E-state index in [0.717, 1.165) is 0 Å². The van der Waals surface area contributed by atoms with E-state index in [4.69, 9.17) is 11.0 Å². The number of thiocarbonyl (C=S) groups is 1. The van der Waals surface area contributed by atoms with Crippen LogP contribution in [0.25, 0.3) is 0 Å². The fourth-order valence-electron chi connectivity index (χ4n) is 1.50. The first-order valence-corrected chi connectivity index (χ1v) is 8.25. The first-order valence-electron chi connectivity index (χ1n) is 6.36. The molecule has 0 unspecified atom stereocenters. The molecule has 11 heteroatoms. The molecule has 0 radical (unpaired) electrons. The number of anilines is 2. The second-order valence-corrected chi connectivity index (χ2v) is 6.37. The van der Waals surface area contributed by atoms with Crippen molar-refractivity contribution in [3.8, 4) is 6.07 Å². The molecule has 0 saturated carbocycles. The molecular weight excluding hydrogens is 350 g/mol. The lowest BCUT2D eigenvalue weighted by Crippen LogP contribution is -2.20. The normalized spacial score (nSPS) is 11.4. The molecule has 2 rings (SSSR count). The second-order valence-electron chi connectivity index (χ2n) is 4.25. The smallest absolute Gasteiger partial charge is 0.264 e. The van der Waals surface area contributed by atoms with Crippen LogP contribution < -0.4 is 15.9 Å². The Labute approximate surface area is 143 Å². The molecule has 1 aromatic heterocycles. The van der Waals surface area contributed by atoms with E-state index in [1.165, 1.54) is 36.7 Å². The highest BCUT2D eigenvalue weighted by molar-refractivity contribution is 7.92. The van der Waals surface area contributed by atoms with Crippen LogP contribution in [0.1, 0.15) is 0 Å². The molecule has 0 saturated heterocycles. The van der Waals surface area contributed by atoms with Crippen molar-refractivity contribution in [2.75, 3.05) is 10.1 Å². The third-order valence-electron chi connectivity index (χ3n) is 2.59. The third-order valence-corrected chi connectivity index (χ3v) is 4.13. The van der Waals surface area contributed by atoms with Crippen LogP contribution in [0.2, 0.25) is 0 Å². The molecule has 0 spiro atoms. The van der Waals surface area contributed by atoms with Crippen molar-refractivity contribution in [1.82, 2.24) is 9.97 Å². The molecule has 24 heavy (non-hydrogen) atoms. The van der Waals surface area contributed by atoms with Gasteiger partial charge in [-0.3, -0.25) is 5.43 Å². The molecule has 1 heterocycles. The van der Waals surface area contributed by atoms with Crippen LogP contribution in [0, 0.1) is 11.3 Å². The Bertz CT molecular complexity index is 904. The van der Waals surface area contributed by atoms with E-state index in [1.54, 1.807) is 12.1 Å². The lowest BCUT2D eigenvalue weighted by Gasteiger charge is -2.07. The van der Waals surface area contributed by atoms with Gasteiger partial charge in [0.05, 0.1) is 10.6 Å². The van der Waals surface area contributed by atoms with Crippen molar-refractivity contribution in [3.63, 3.8) is 0 Å². The second kappa shape index (κ2) is 7.44. The van der Waals surface area contributed by atoms with Crippen LogP contribution in [-0.2, 0) is 10.0 Å². The number of nitrogens with two attached hydrogens (primary N) is 1. The number of nitriles is 1. The maximum absolute atomic E-state index is 12.2. The van der Waals surface area contributed by atoms with Gasteiger partial charge in [-0.2, -0.15) is 10.4 Å². The summed E-state index contributed by atoms with van der Waals surface area (Å²) in [5, 5.41) is 12.5. The Morgan fingerprint density at radius 1 is 1.25 bits per heavy atom. The van der Waals surface area contributed by atoms with Crippen LogP contribution in [0.5, 0.6) is 0 Å². The molecule has 0 aliphatic carbocycles. The Hall–Kier alpha value is -3.10. The predicted octanol–water partition coefficient (Wildman–Crippen LogP) is 0.855. The summed E-state index contributed by atoms with van der Waals surface area (Å²) in [6.07, 6.45) is 2.84. The van der Waals surface area contributed by atoms with Crippen molar-refractivity contribution in [1.29, 1.82) is 5.26 Å². The van der Waals surface area contributed by atoms with Crippen LogP contribution in [0.3, 0.4) is 0 Å². The molecule has 0 fully saturated rings. The van der Waals surface area contributed by atoms with Gasteiger partial charge in [-0.25, -0.2) is 23.1 Å². The summed E-state index contributed by atoms with van der Waals surface area (Å²) in [6, 6.07) is 8.96. The van der Waals surface area contributed by atoms with Gasteiger partial charge in [0.15, 0.2) is 5.71 Å². The number of hydrazone groups is 1. The highest BCUT2D eigenvalue weighted by Crippen LogP contribution is 2.16. The summed E-state index contributed by atoms with van der Waals surface area (Å²) in [7, 11) is -3.81. The molecule has 9 nitrogen and oxygen atoms in total. The number of hydrogen-bond donors (Lipinski definition) is 3. The zero-order valence-corrected chi connectivity index (χ0v) is 13.7. The van der Waals surface area contributed by atoms with Crippen molar-refractivity contribution >= 4 is 44.6 Å². The van der Waals surface area contributed by atoms with E-state index >= 15 is 0 Å². The molecular formula is C13H11N7O2S2. The van der Waals surface area contributed by atoms with E-state index in [-0.39, 0.29) is 21.5 Å². The monoisotopic (exact) mass is 361 g/mol. The number of aromatic nitrogens is 2. The fourth-order valence-corrected chi connectivity index (χ4v) is 2.54. The number of hydrogen-bond acceptors (Lipinski definition) is 8. The summed E-state index contributed by atoms with van der Waals surface area (Å²) in [4.78, 5) is 7.46. The molecule has 122 valence electrons. The van der Waals surface area contributed by atoms with Gasteiger partial charge in [0.25, 0.3) is 10.0 Å². The van der Waals surface area contributed by atoms with Crippen molar-refractivity contribution in [3.05, 3.63) is 42.7 Å². The Morgan fingerprint density at radius 3 is 2.42 bits per heavy atom. The van der Waals surface area contributed by atoms with Crippen LogP contribution in [0.4, 0.5) is 11.6 Å². The highest BCUT2D eigenvalue weighted by Gasteiger charge is 2.15. The van der Waals surface area contributed by atoms with E-state index in [9.17, 15) is 8.42 Å². The predicted molar refractivity (Wildman–Crippen MR) is 92.7 cm³/mol. The van der Waals surface area contributed by atoms with Gasteiger partial charge in [0.1, 0.15) is 11.1 Å². The van der Waals surface area contributed by atoms with Gasteiger partial charge in [-0.1, -0.05) is 12.2 Å². The topological polar surface area (TPSA) is 146 Å². The van der Waals surface area contributed by atoms with Gasteiger partial charge >= 0.3 is 0 Å². The van der Waals surface area contributed by atoms with Gasteiger partial charge in [-0.15, -0.1) is 0 Å². The summed E-state index contributed by atoms with van der Waals surface area (Å²) in [5.74, 6) is -0.0283. The standard InChI is InChI=1S/C13H11N7O2S2/c14-8-11(12(15)23)19-18-9-2-4-10(5-3-9)24(21,22)20-13-16-6-1-7-17-13/h1-7,18H,(H2,15,23)(H,16,17,20)/b19-11+. The number of nitrogens with one attached hydrogen (secondary N) is 2. The zero-order chi connectivity index (χ0) is 17.6. The SMILES string of the molecule is N#C/C(=N\Nc1ccc(S(=O)(=O)Nc2ncccn2)cc1)C(N)=S. The summed E-state index contributed by atoms with van der Waals surface area (Å²) < 4.78 is 26.7. The minimum absolute atomic E-state index is 0.0133. The Kier molecular flexibility index (Phi) is 5.35. The van der Waals surface area contributed by atoms with E-state index < -0.39 is 10.0 Å². The summed E-state index contributed by atoms with van der Waals surface area (Å²) >= 11 is 4.65. The zero-order valence-electron chi connectivity index (χ0n) is 12.0. The van der Waals surface area contributed by atoms with Crippen LogP contribution in [0.15, 0.2) is 52.7 Å². The average Bonchev–Trinajstić information content (AvgIpc) is 2.56. The number of sulfonamides is 1.